The van der Waals surface area contributed by atoms with Crippen molar-refractivity contribution in [3.05, 3.63) is 35.4 Å². The minimum absolute atomic E-state index is 0.0864. The fourth-order valence-electron chi connectivity index (χ4n) is 2.72. The number of methoxy groups -OCH3 is 1. The molecule has 0 heterocycles. The van der Waals surface area contributed by atoms with Crippen LogP contribution in [0.2, 0.25) is 0 Å². The van der Waals surface area contributed by atoms with Gasteiger partial charge in [-0.15, -0.1) is 0 Å². The molecule has 0 saturated carbocycles. The van der Waals surface area contributed by atoms with Gasteiger partial charge >= 0.3 is 23.9 Å². The molecule has 0 saturated heterocycles. The number of carboxylic acids is 2. The molecule has 2 atom stereocenters. The van der Waals surface area contributed by atoms with E-state index in [1.165, 1.54) is 0 Å². The largest absolute Gasteiger partial charge is 0.480 e. The van der Waals surface area contributed by atoms with Crippen LogP contribution in [0.1, 0.15) is 48.0 Å². The molecule has 0 aliphatic carbocycles. The molecule has 11 nitrogen and oxygen atoms in total. The highest BCUT2D eigenvalue weighted by atomic mass is 16.5. The van der Waals surface area contributed by atoms with E-state index in [1.807, 2.05) is 19.1 Å². The normalized spacial score (nSPS) is 12.2. The Hall–Kier alpha value is -3.63. The number of esters is 1. The van der Waals surface area contributed by atoms with Crippen molar-refractivity contribution in [2.75, 3.05) is 13.7 Å². The van der Waals surface area contributed by atoms with E-state index in [2.05, 4.69) is 20.7 Å². The molecule has 3 amide bonds. The van der Waals surface area contributed by atoms with E-state index >= 15 is 0 Å². The summed E-state index contributed by atoms with van der Waals surface area (Å²) in [6.45, 7) is 2.25. The van der Waals surface area contributed by atoms with Crippen molar-refractivity contribution in [3.8, 4) is 0 Å². The van der Waals surface area contributed by atoms with Gasteiger partial charge in [-0.1, -0.05) is 17.7 Å². The molecule has 0 bridgehead atoms. The molecule has 2 unspecified atom stereocenters. The molecule has 0 aromatic heterocycles. The van der Waals surface area contributed by atoms with Crippen LogP contribution in [0.25, 0.3) is 0 Å². The first-order valence-electron chi connectivity index (χ1n) is 10.1. The lowest BCUT2D eigenvalue weighted by Gasteiger charge is -2.18. The molecular weight excluding hydrogens is 422 g/mol. The van der Waals surface area contributed by atoms with Crippen LogP contribution in [0.15, 0.2) is 24.3 Å². The third-order valence-corrected chi connectivity index (χ3v) is 4.59. The first kappa shape index (κ1) is 26.4. The number of carbonyl (C=O) groups excluding carboxylic acids is 3. The highest BCUT2D eigenvalue weighted by molar-refractivity contribution is 5.94. The van der Waals surface area contributed by atoms with E-state index < -0.39 is 36.0 Å². The van der Waals surface area contributed by atoms with Crippen LogP contribution in [-0.2, 0) is 19.1 Å². The molecule has 1 aromatic carbocycles. The van der Waals surface area contributed by atoms with Crippen molar-refractivity contribution >= 4 is 29.8 Å². The molecule has 0 fully saturated rings. The highest BCUT2D eigenvalue weighted by Gasteiger charge is 2.24. The summed E-state index contributed by atoms with van der Waals surface area (Å²) in [5, 5.41) is 25.5. The summed E-state index contributed by atoms with van der Waals surface area (Å²) in [6.07, 6.45) is 0.555. The number of amides is 3. The molecule has 1 rings (SSSR count). The highest BCUT2D eigenvalue weighted by Crippen LogP contribution is 2.05. The molecule has 1 aromatic rings. The minimum atomic E-state index is -1.37. The van der Waals surface area contributed by atoms with Gasteiger partial charge in [-0.2, -0.15) is 0 Å². The SMILES string of the molecule is COC(=O)CCC(NC(=O)NC(CCCCNC(=O)c1ccc(C)cc1)C(=O)O)C(=O)O. The van der Waals surface area contributed by atoms with Crippen LogP contribution in [0, 0.1) is 6.92 Å². The summed E-state index contributed by atoms with van der Waals surface area (Å²) in [6, 6.07) is 3.49. The van der Waals surface area contributed by atoms with Gasteiger partial charge in [-0.3, -0.25) is 9.59 Å². The van der Waals surface area contributed by atoms with Crippen LogP contribution >= 0.6 is 0 Å². The predicted octanol–water partition coefficient (Wildman–Crippen LogP) is 1.05. The Morgan fingerprint density at radius 2 is 1.47 bits per heavy atom. The molecule has 32 heavy (non-hydrogen) atoms. The monoisotopic (exact) mass is 451 g/mol. The Labute approximate surface area is 185 Å². The summed E-state index contributed by atoms with van der Waals surface area (Å²) in [5.74, 6) is -3.49. The molecule has 176 valence electrons. The molecule has 0 aliphatic heterocycles. The summed E-state index contributed by atoms with van der Waals surface area (Å²) >= 11 is 0. The summed E-state index contributed by atoms with van der Waals surface area (Å²) in [5.41, 5.74) is 1.56. The predicted molar refractivity (Wildman–Crippen MR) is 113 cm³/mol. The zero-order valence-electron chi connectivity index (χ0n) is 18.1. The average molecular weight is 451 g/mol. The standard InChI is InChI=1S/C21H29N3O8/c1-13-6-8-14(9-7-13)18(26)22-12-4-3-5-15(19(27)28)23-21(31)24-16(20(29)30)10-11-17(25)32-2/h6-9,15-16H,3-5,10-12H2,1-2H3,(H,22,26)(H,27,28)(H,29,30)(H2,23,24,31). The van der Waals surface area contributed by atoms with Crippen LogP contribution < -0.4 is 16.0 Å². The number of aryl methyl sites for hydroxylation is 1. The van der Waals surface area contributed by atoms with Crippen molar-refractivity contribution in [2.24, 2.45) is 0 Å². The van der Waals surface area contributed by atoms with Crippen LogP contribution in [0.5, 0.6) is 0 Å². The molecule has 0 spiro atoms. The quantitative estimate of drug-likeness (QED) is 0.219. The van der Waals surface area contributed by atoms with Gasteiger partial charge in [-0.05, 0) is 44.7 Å². The van der Waals surface area contributed by atoms with Crippen molar-refractivity contribution in [1.29, 1.82) is 0 Å². The van der Waals surface area contributed by atoms with Gasteiger partial charge in [0.25, 0.3) is 5.91 Å². The zero-order valence-corrected chi connectivity index (χ0v) is 18.1. The van der Waals surface area contributed by atoms with E-state index in [-0.39, 0.29) is 25.2 Å². The number of hydrogen-bond donors (Lipinski definition) is 5. The number of unbranched alkanes of at least 4 members (excludes halogenated alkanes) is 1. The third kappa shape index (κ3) is 9.92. The first-order valence-corrected chi connectivity index (χ1v) is 10.1. The van der Waals surface area contributed by atoms with Gasteiger partial charge in [-0.25, -0.2) is 14.4 Å². The number of ether oxygens (including phenoxy) is 1. The van der Waals surface area contributed by atoms with E-state index in [0.29, 0.717) is 24.9 Å². The fraction of sp³-hybridized carbons (Fsp3) is 0.476. The molecule has 0 radical (unpaired) electrons. The van der Waals surface area contributed by atoms with Crippen LogP contribution in [0.4, 0.5) is 4.79 Å². The van der Waals surface area contributed by atoms with E-state index in [1.54, 1.807) is 12.1 Å². The maximum absolute atomic E-state index is 12.0. The Kier molecular flexibility index (Phi) is 11.2. The second-order valence-corrected chi connectivity index (χ2v) is 7.13. The first-order chi connectivity index (χ1) is 15.1. The second-order valence-electron chi connectivity index (χ2n) is 7.13. The van der Waals surface area contributed by atoms with E-state index in [4.69, 9.17) is 5.11 Å². The van der Waals surface area contributed by atoms with E-state index in [0.717, 1.165) is 12.7 Å². The number of aliphatic carboxylic acids is 2. The fourth-order valence-corrected chi connectivity index (χ4v) is 2.72. The topological polar surface area (TPSA) is 171 Å². The Bertz CT molecular complexity index is 810. The van der Waals surface area contributed by atoms with Gasteiger partial charge in [0, 0.05) is 18.5 Å². The second kappa shape index (κ2) is 13.6. The van der Waals surface area contributed by atoms with Gasteiger partial charge in [0.2, 0.25) is 0 Å². The number of carbonyl (C=O) groups is 5. The van der Waals surface area contributed by atoms with Crippen LogP contribution in [0.3, 0.4) is 0 Å². The zero-order chi connectivity index (χ0) is 24.1. The molecular formula is C21H29N3O8. The molecule has 5 N–H and O–H groups in total. The van der Waals surface area contributed by atoms with Gasteiger partial charge in [0.15, 0.2) is 0 Å². The lowest BCUT2D eigenvalue weighted by atomic mass is 10.1. The van der Waals surface area contributed by atoms with Crippen molar-refractivity contribution in [3.63, 3.8) is 0 Å². The minimum Gasteiger partial charge on any atom is -0.480 e. The Morgan fingerprint density at radius 3 is 2.00 bits per heavy atom. The number of benzene rings is 1. The van der Waals surface area contributed by atoms with Gasteiger partial charge < -0.3 is 30.9 Å². The molecule has 11 heteroatoms. The Balaban J connectivity index is 2.42. The van der Waals surface area contributed by atoms with Gasteiger partial charge in [0.05, 0.1) is 7.11 Å². The third-order valence-electron chi connectivity index (χ3n) is 4.59. The number of carboxylic acid groups (broad SMARTS) is 2. The van der Waals surface area contributed by atoms with Gasteiger partial charge in [0.1, 0.15) is 12.1 Å². The summed E-state index contributed by atoms with van der Waals surface area (Å²) in [7, 11) is 1.16. The maximum atomic E-state index is 12.0. The summed E-state index contributed by atoms with van der Waals surface area (Å²) < 4.78 is 4.43. The molecule has 0 aliphatic rings. The van der Waals surface area contributed by atoms with Crippen molar-refractivity contribution < 1.29 is 38.9 Å². The summed E-state index contributed by atoms with van der Waals surface area (Å²) in [4.78, 5) is 57.8. The lowest BCUT2D eigenvalue weighted by molar-refractivity contribution is -0.142. The number of rotatable bonds is 13. The Morgan fingerprint density at radius 1 is 0.906 bits per heavy atom. The maximum Gasteiger partial charge on any atom is 0.326 e. The van der Waals surface area contributed by atoms with Crippen molar-refractivity contribution in [2.45, 2.75) is 51.1 Å². The number of hydrogen-bond acceptors (Lipinski definition) is 6. The van der Waals surface area contributed by atoms with Crippen molar-refractivity contribution in [1.82, 2.24) is 16.0 Å². The lowest BCUT2D eigenvalue weighted by Crippen LogP contribution is -2.51. The van der Waals surface area contributed by atoms with E-state index in [9.17, 15) is 29.1 Å². The smallest absolute Gasteiger partial charge is 0.326 e. The van der Waals surface area contributed by atoms with Crippen LogP contribution in [-0.4, -0.2) is 65.8 Å². The number of nitrogens with one attached hydrogen (secondary N) is 3. The number of urea groups is 1. The average Bonchev–Trinajstić information content (AvgIpc) is 2.75.